The molecule has 2 bridgehead atoms. The van der Waals surface area contributed by atoms with Gasteiger partial charge in [0.1, 0.15) is 0 Å². The van der Waals surface area contributed by atoms with E-state index in [0.717, 1.165) is 31.7 Å². The molecule has 1 aromatic heterocycles. The summed E-state index contributed by atoms with van der Waals surface area (Å²) < 4.78 is 13.6. The van der Waals surface area contributed by atoms with Gasteiger partial charge in [-0.3, -0.25) is 13.9 Å². The van der Waals surface area contributed by atoms with E-state index in [1.807, 2.05) is 16.7 Å². The van der Waals surface area contributed by atoms with E-state index in [9.17, 15) is 14.1 Å². The minimum absolute atomic E-state index is 0.0884. The van der Waals surface area contributed by atoms with Crippen molar-refractivity contribution in [2.75, 3.05) is 31.1 Å². The number of likely N-dealkylation sites (tertiary alicyclic amines) is 1. The minimum Gasteiger partial charge on any atom is -0.391 e. The first-order valence-electron chi connectivity index (χ1n) is 8.13. The third-order valence-electron chi connectivity index (χ3n) is 4.71. The fraction of sp³-hybridized carbons (Fsp3) is 0.588. The van der Waals surface area contributed by atoms with Crippen LogP contribution >= 0.6 is 0 Å². The van der Waals surface area contributed by atoms with Gasteiger partial charge in [-0.2, -0.15) is 0 Å². The molecule has 3 rings (SSSR count). The van der Waals surface area contributed by atoms with Crippen LogP contribution in [-0.4, -0.2) is 56.0 Å². The molecule has 2 aliphatic rings. The number of piperidine rings is 1. The van der Waals surface area contributed by atoms with Crippen molar-refractivity contribution in [2.24, 2.45) is 5.92 Å². The number of pyridine rings is 1. The lowest BCUT2D eigenvalue weighted by molar-refractivity contribution is 0.0714. The molecular formula is C17H24N2O3S. The number of aliphatic hydroxyl groups excluding tert-OH is 1. The van der Waals surface area contributed by atoms with Crippen molar-refractivity contribution in [2.45, 2.75) is 25.0 Å². The Hall–Kier alpha value is -1.24. The van der Waals surface area contributed by atoms with Crippen molar-refractivity contribution in [3.63, 3.8) is 0 Å². The summed E-state index contributed by atoms with van der Waals surface area (Å²) in [4.78, 5) is 14.3. The van der Waals surface area contributed by atoms with Gasteiger partial charge in [0.05, 0.1) is 11.9 Å². The summed E-state index contributed by atoms with van der Waals surface area (Å²) in [6, 6.07) is 5.50. The van der Waals surface area contributed by atoms with Crippen LogP contribution in [-0.2, 0) is 17.3 Å². The van der Waals surface area contributed by atoms with Crippen LogP contribution in [0, 0.1) is 5.92 Å². The summed E-state index contributed by atoms with van der Waals surface area (Å²) in [7, 11) is -1.04. The predicted molar refractivity (Wildman–Crippen MR) is 92.1 cm³/mol. The highest BCUT2D eigenvalue weighted by molar-refractivity contribution is 7.85. The minimum atomic E-state index is -1.04. The lowest BCUT2D eigenvalue weighted by atomic mass is 9.83. The number of β-amino-alcohol motifs (C(OH)–C–C–N with tert-alkyl or cyclic N) is 1. The molecule has 2 aliphatic heterocycles. The van der Waals surface area contributed by atoms with Crippen molar-refractivity contribution >= 4 is 10.8 Å². The molecule has 0 unspecified atom stereocenters. The number of nitrogens with zero attached hydrogens (tertiary/aromatic N) is 2. The van der Waals surface area contributed by atoms with E-state index in [4.69, 9.17) is 0 Å². The Morgan fingerprint density at radius 1 is 1.39 bits per heavy atom. The van der Waals surface area contributed by atoms with Gasteiger partial charge >= 0.3 is 0 Å². The first-order chi connectivity index (χ1) is 11.1. The van der Waals surface area contributed by atoms with E-state index in [1.165, 1.54) is 0 Å². The Kier molecular flexibility index (Phi) is 5.14. The molecule has 5 nitrogen and oxygen atoms in total. The maximum Gasteiger partial charge on any atom is 0.250 e. The van der Waals surface area contributed by atoms with Crippen molar-refractivity contribution < 1.29 is 9.32 Å². The standard InChI is InChI=1S/C17H24N2O3S/c1-2-6-23(22)12-15(20)11-18-8-13-7-14(10-18)16-4-3-5-17(21)19(16)9-13/h2-5,13-15,20H,1,6-12H2/t13-,14-,15-,23-/m0/s1. The normalized spacial score (nSPS) is 26.3. The maximum atomic E-state index is 12.0. The molecule has 0 radical (unpaired) electrons. The van der Waals surface area contributed by atoms with E-state index in [2.05, 4.69) is 11.5 Å². The molecule has 1 fully saturated rings. The van der Waals surface area contributed by atoms with Gasteiger partial charge < -0.3 is 9.67 Å². The Morgan fingerprint density at radius 2 is 2.22 bits per heavy atom. The van der Waals surface area contributed by atoms with Crippen LogP contribution in [0.2, 0.25) is 0 Å². The molecule has 1 N–H and O–H groups in total. The maximum absolute atomic E-state index is 12.0. The fourth-order valence-electron chi connectivity index (χ4n) is 3.91. The number of aliphatic hydroxyl groups is 1. The molecule has 0 saturated carbocycles. The highest BCUT2D eigenvalue weighted by Gasteiger charge is 2.34. The van der Waals surface area contributed by atoms with Gasteiger partial charge in [-0.05, 0) is 18.4 Å². The number of hydrogen-bond donors (Lipinski definition) is 1. The smallest absolute Gasteiger partial charge is 0.250 e. The second-order valence-electron chi connectivity index (χ2n) is 6.63. The van der Waals surface area contributed by atoms with Crippen LogP contribution in [0.3, 0.4) is 0 Å². The van der Waals surface area contributed by atoms with E-state index in [1.54, 1.807) is 12.1 Å². The summed E-state index contributed by atoms with van der Waals surface area (Å²) in [5.41, 5.74) is 1.20. The number of hydrogen-bond acceptors (Lipinski definition) is 4. The van der Waals surface area contributed by atoms with E-state index < -0.39 is 16.9 Å². The summed E-state index contributed by atoms with van der Waals surface area (Å²) in [6.45, 7) is 6.63. The first kappa shape index (κ1) is 16.6. The van der Waals surface area contributed by atoms with Gasteiger partial charge in [-0.1, -0.05) is 12.1 Å². The predicted octanol–water partition coefficient (Wildman–Crippen LogP) is 0.563. The van der Waals surface area contributed by atoms with Crippen molar-refractivity contribution in [1.29, 1.82) is 0 Å². The number of fused-ring (bicyclic) bond motifs is 4. The monoisotopic (exact) mass is 336 g/mol. The third-order valence-corrected chi connectivity index (χ3v) is 6.07. The Bertz CT molecular complexity index is 657. The zero-order valence-electron chi connectivity index (χ0n) is 13.3. The van der Waals surface area contributed by atoms with E-state index in [0.29, 0.717) is 29.9 Å². The molecule has 4 atom stereocenters. The van der Waals surface area contributed by atoms with E-state index >= 15 is 0 Å². The topological polar surface area (TPSA) is 62.5 Å². The van der Waals surface area contributed by atoms with Crippen LogP contribution in [0.25, 0.3) is 0 Å². The van der Waals surface area contributed by atoms with Gasteiger partial charge in [0.25, 0.3) is 5.56 Å². The zero-order valence-corrected chi connectivity index (χ0v) is 14.1. The summed E-state index contributed by atoms with van der Waals surface area (Å²) in [5.74, 6) is 1.53. The molecule has 0 amide bonds. The van der Waals surface area contributed by atoms with Crippen molar-refractivity contribution in [3.05, 3.63) is 46.9 Å². The third kappa shape index (κ3) is 3.82. The van der Waals surface area contributed by atoms with Crippen molar-refractivity contribution in [3.8, 4) is 0 Å². The highest BCUT2D eigenvalue weighted by atomic mass is 32.2. The summed E-state index contributed by atoms with van der Waals surface area (Å²) in [6.07, 6.45) is 2.16. The van der Waals surface area contributed by atoms with Gasteiger partial charge in [-0.15, -0.1) is 6.58 Å². The number of aromatic nitrogens is 1. The van der Waals surface area contributed by atoms with E-state index in [-0.39, 0.29) is 5.56 Å². The molecule has 6 heteroatoms. The van der Waals surface area contributed by atoms with Crippen LogP contribution in [0.5, 0.6) is 0 Å². The molecular weight excluding hydrogens is 312 g/mol. The first-order valence-corrected chi connectivity index (χ1v) is 9.61. The average Bonchev–Trinajstić information content (AvgIpc) is 2.48. The van der Waals surface area contributed by atoms with Crippen molar-refractivity contribution in [1.82, 2.24) is 9.47 Å². The molecule has 0 aliphatic carbocycles. The Morgan fingerprint density at radius 3 is 3.00 bits per heavy atom. The Labute approximate surface area is 139 Å². The van der Waals surface area contributed by atoms with Crippen LogP contribution in [0.4, 0.5) is 0 Å². The summed E-state index contributed by atoms with van der Waals surface area (Å²) in [5, 5.41) is 10.2. The quantitative estimate of drug-likeness (QED) is 0.771. The summed E-state index contributed by atoms with van der Waals surface area (Å²) >= 11 is 0. The molecule has 23 heavy (non-hydrogen) atoms. The molecule has 3 heterocycles. The second-order valence-corrected chi connectivity index (χ2v) is 8.18. The lowest BCUT2D eigenvalue weighted by Crippen LogP contribution is -2.49. The second kappa shape index (κ2) is 7.11. The van der Waals surface area contributed by atoms with Gasteiger partial charge in [0.15, 0.2) is 0 Å². The van der Waals surface area contributed by atoms with Crippen LogP contribution < -0.4 is 5.56 Å². The molecule has 1 saturated heterocycles. The zero-order chi connectivity index (χ0) is 16.4. The Balaban J connectivity index is 1.65. The molecule has 1 aromatic rings. The van der Waals surface area contributed by atoms with Gasteiger partial charge in [-0.25, -0.2) is 0 Å². The fourth-order valence-corrected chi connectivity index (χ4v) is 4.84. The molecule has 0 spiro atoms. The SMILES string of the molecule is C=CC[S@](=O)C[C@@H](O)CN1C[C@@H]2C[C@@H](C1)c1cccc(=O)n1C2. The van der Waals surface area contributed by atoms with Gasteiger partial charge in [0.2, 0.25) is 0 Å². The lowest BCUT2D eigenvalue weighted by Gasteiger charge is -2.43. The van der Waals surface area contributed by atoms with Crippen LogP contribution in [0.1, 0.15) is 18.0 Å². The average molecular weight is 336 g/mol. The van der Waals surface area contributed by atoms with Crippen LogP contribution in [0.15, 0.2) is 35.6 Å². The van der Waals surface area contributed by atoms with Gasteiger partial charge in [0, 0.05) is 60.4 Å². The molecule has 126 valence electrons. The number of rotatable bonds is 6. The largest absolute Gasteiger partial charge is 0.391 e. The highest BCUT2D eigenvalue weighted by Crippen LogP contribution is 2.34. The molecule has 0 aromatic carbocycles.